The molecule has 1 aromatic carbocycles. The number of hydrogen-bond acceptors (Lipinski definition) is 6. The lowest BCUT2D eigenvalue weighted by atomic mass is 10.0. The monoisotopic (exact) mass is 376 g/mol. The Morgan fingerprint density at radius 3 is 3.00 bits per heavy atom. The largest absolute Gasteiger partial charge is 0.373 e. The minimum absolute atomic E-state index is 0.0688. The minimum atomic E-state index is -4.04. The maximum Gasteiger partial charge on any atom is 0.264 e. The Labute approximate surface area is 150 Å². The Bertz CT molecular complexity index is 957. The molecule has 2 heterocycles. The van der Waals surface area contributed by atoms with Crippen molar-refractivity contribution >= 4 is 27.3 Å². The van der Waals surface area contributed by atoms with Gasteiger partial charge in [-0.2, -0.15) is 5.26 Å². The Morgan fingerprint density at radius 1 is 1.44 bits per heavy atom. The van der Waals surface area contributed by atoms with Gasteiger partial charge in [-0.3, -0.25) is 4.79 Å². The Kier molecular flexibility index (Phi) is 4.90. The van der Waals surface area contributed by atoms with E-state index in [9.17, 15) is 13.2 Å². The molecular weight excluding hydrogens is 360 g/mol. The molecular formula is C17H16N2O4S2. The number of nitriles is 1. The van der Waals surface area contributed by atoms with Crippen LogP contribution in [0.3, 0.4) is 0 Å². The highest BCUT2D eigenvalue weighted by Crippen LogP contribution is 2.33. The van der Waals surface area contributed by atoms with E-state index in [1.54, 1.807) is 24.3 Å². The van der Waals surface area contributed by atoms with Crippen LogP contribution in [0.1, 0.15) is 34.1 Å². The van der Waals surface area contributed by atoms with E-state index in [1.165, 1.54) is 17.0 Å². The van der Waals surface area contributed by atoms with Crippen molar-refractivity contribution in [1.82, 2.24) is 4.72 Å². The van der Waals surface area contributed by atoms with Crippen molar-refractivity contribution in [3.8, 4) is 6.07 Å². The third-order valence-corrected chi connectivity index (χ3v) is 6.51. The highest BCUT2D eigenvalue weighted by atomic mass is 32.2. The molecule has 1 unspecified atom stereocenters. The first-order chi connectivity index (χ1) is 11.9. The molecule has 2 aromatic rings. The second-order valence-electron chi connectivity index (χ2n) is 5.73. The van der Waals surface area contributed by atoms with E-state index >= 15 is 0 Å². The van der Waals surface area contributed by atoms with Gasteiger partial charge < -0.3 is 4.74 Å². The van der Waals surface area contributed by atoms with E-state index in [-0.39, 0.29) is 16.9 Å². The fourth-order valence-corrected chi connectivity index (χ4v) is 4.95. The predicted molar refractivity (Wildman–Crippen MR) is 92.6 cm³/mol. The number of ether oxygens (including phenoxy) is 1. The molecule has 0 aliphatic carbocycles. The van der Waals surface area contributed by atoms with Gasteiger partial charge in [0.1, 0.15) is 0 Å². The lowest BCUT2D eigenvalue weighted by Gasteiger charge is -2.23. The van der Waals surface area contributed by atoms with Gasteiger partial charge in [0.25, 0.3) is 10.0 Å². The van der Waals surface area contributed by atoms with Crippen LogP contribution in [0.5, 0.6) is 0 Å². The summed E-state index contributed by atoms with van der Waals surface area (Å²) in [6.45, 7) is 2.13. The summed E-state index contributed by atoms with van der Waals surface area (Å²) in [7, 11) is -4.04. The summed E-state index contributed by atoms with van der Waals surface area (Å²) < 4.78 is 32.7. The number of amides is 1. The Morgan fingerprint density at radius 2 is 2.24 bits per heavy atom. The molecule has 1 N–H and O–H groups in total. The van der Waals surface area contributed by atoms with Crippen LogP contribution in [0.25, 0.3) is 0 Å². The molecule has 1 aliphatic heterocycles. The second-order valence-corrected chi connectivity index (χ2v) is 8.38. The molecule has 3 rings (SSSR count). The Hall–Kier alpha value is -2.21. The first kappa shape index (κ1) is 17.6. The molecule has 8 heteroatoms. The molecule has 0 fully saturated rings. The SMILES string of the molecule is Cc1ccc(C#N)cc1S(=O)(=O)NC(=O)CC1OCCc2sccc21. The zero-order chi connectivity index (χ0) is 18.0. The molecule has 1 aromatic heterocycles. The van der Waals surface area contributed by atoms with Gasteiger partial charge in [-0.1, -0.05) is 6.07 Å². The quantitative estimate of drug-likeness (QED) is 0.884. The molecule has 130 valence electrons. The first-order valence-electron chi connectivity index (χ1n) is 7.65. The number of carbonyl (C=O) groups excluding carboxylic acids is 1. The first-order valence-corrected chi connectivity index (χ1v) is 10.0. The highest BCUT2D eigenvalue weighted by Gasteiger charge is 2.27. The number of fused-ring (bicyclic) bond motifs is 1. The van der Waals surface area contributed by atoms with Crippen molar-refractivity contribution in [2.45, 2.75) is 30.8 Å². The van der Waals surface area contributed by atoms with Crippen LogP contribution in [0.4, 0.5) is 0 Å². The number of aryl methyl sites for hydroxylation is 1. The fourth-order valence-electron chi connectivity index (χ4n) is 2.77. The van der Waals surface area contributed by atoms with Gasteiger partial charge >= 0.3 is 0 Å². The number of sulfonamides is 1. The van der Waals surface area contributed by atoms with Crippen LogP contribution in [0.15, 0.2) is 34.5 Å². The van der Waals surface area contributed by atoms with Gasteiger partial charge in [0.05, 0.1) is 35.7 Å². The smallest absolute Gasteiger partial charge is 0.264 e. The van der Waals surface area contributed by atoms with Crippen molar-refractivity contribution in [2.75, 3.05) is 6.61 Å². The zero-order valence-corrected chi connectivity index (χ0v) is 15.1. The summed E-state index contributed by atoms with van der Waals surface area (Å²) in [6, 6.07) is 8.14. The van der Waals surface area contributed by atoms with E-state index in [0.717, 1.165) is 12.0 Å². The minimum Gasteiger partial charge on any atom is -0.373 e. The Balaban J connectivity index is 1.76. The summed E-state index contributed by atoms with van der Waals surface area (Å²) in [5.41, 5.74) is 1.64. The molecule has 0 radical (unpaired) electrons. The summed E-state index contributed by atoms with van der Waals surface area (Å²) in [4.78, 5) is 13.4. The summed E-state index contributed by atoms with van der Waals surface area (Å²) in [6.07, 6.45) is 0.306. The van der Waals surface area contributed by atoms with Crippen molar-refractivity contribution < 1.29 is 17.9 Å². The molecule has 25 heavy (non-hydrogen) atoms. The van der Waals surface area contributed by atoms with E-state index < -0.39 is 22.0 Å². The van der Waals surface area contributed by atoms with Crippen molar-refractivity contribution in [1.29, 1.82) is 5.26 Å². The van der Waals surface area contributed by atoms with E-state index in [1.807, 2.05) is 17.5 Å². The van der Waals surface area contributed by atoms with Crippen LogP contribution >= 0.6 is 11.3 Å². The van der Waals surface area contributed by atoms with E-state index in [4.69, 9.17) is 10.00 Å². The normalized spacial score (nSPS) is 16.7. The number of rotatable bonds is 4. The lowest BCUT2D eigenvalue weighted by Crippen LogP contribution is -2.33. The number of nitrogens with one attached hydrogen (secondary N) is 1. The molecule has 1 atom stereocenters. The number of nitrogens with zero attached hydrogens (tertiary/aromatic N) is 1. The number of hydrogen-bond donors (Lipinski definition) is 1. The number of carbonyl (C=O) groups is 1. The molecule has 0 bridgehead atoms. The average molecular weight is 376 g/mol. The molecule has 6 nitrogen and oxygen atoms in total. The average Bonchev–Trinajstić information content (AvgIpc) is 3.04. The van der Waals surface area contributed by atoms with Crippen LogP contribution in [-0.4, -0.2) is 20.9 Å². The molecule has 0 saturated heterocycles. The predicted octanol–water partition coefficient (Wildman–Crippen LogP) is 2.44. The van der Waals surface area contributed by atoms with E-state index in [0.29, 0.717) is 12.2 Å². The zero-order valence-electron chi connectivity index (χ0n) is 13.5. The molecule has 0 saturated carbocycles. The van der Waals surface area contributed by atoms with Crippen LogP contribution < -0.4 is 4.72 Å². The highest BCUT2D eigenvalue weighted by molar-refractivity contribution is 7.90. The van der Waals surface area contributed by atoms with Crippen LogP contribution in [0, 0.1) is 18.3 Å². The molecule has 1 amide bonds. The van der Waals surface area contributed by atoms with Crippen molar-refractivity contribution in [2.24, 2.45) is 0 Å². The third kappa shape index (κ3) is 3.74. The molecule has 1 aliphatic rings. The van der Waals surface area contributed by atoms with Gasteiger partial charge in [0.15, 0.2) is 0 Å². The maximum atomic E-state index is 12.5. The van der Waals surface area contributed by atoms with Gasteiger partial charge in [0, 0.05) is 11.3 Å². The standard InChI is InChI=1S/C17H16N2O4S2/c1-11-2-3-12(10-18)8-16(11)25(21,22)19-17(20)9-14-13-5-7-24-15(13)4-6-23-14/h2-3,5,7-8,14H,4,6,9H2,1H3,(H,19,20). The lowest BCUT2D eigenvalue weighted by molar-refractivity contribution is -0.122. The van der Waals surface area contributed by atoms with Gasteiger partial charge in [0.2, 0.25) is 5.91 Å². The van der Waals surface area contributed by atoms with Crippen LogP contribution in [0.2, 0.25) is 0 Å². The summed E-state index contributed by atoms with van der Waals surface area (Å²) in [5.74, 6) is -0.634. The summed E-state index contributed by atoms with van der Waals surface area (Å²) >= 11 is 1.61. The van der Waals surface area contributed by atoms with Gasteiger partial charge in [-0.15, -0.1) is 11.3 Å². The van der Waals surface area contributed by atoms with Gasteiger partial charge in [-0.05, 0) is 41.6 Å². The maximum absolute atomic E-state index is 12.5. The number of benzene rings is 1. The van der Waals surface area contributed by atoms with Crippen LogP contribution in [-0.2, 0) is 26.0 Å². The number of thiophene rings is 1. The summed E-state index contributed by atoms with van der Waals surface area (Å²) in [5, 5.41) is 10.9. The second kappa shape index (κ2) is 6.96. The van der Waals surface area contributed by atoms with E-state index in [2.05, 4.69) is 4.72 Å². The van der Waals surface area contributed by atoms with Gasteiger partial charge in [-0.25, -0.2) is 13.1 Å². The molecule has 0 spiro atoms. The topological polar surface area (TPSA) is 96.3 Å². The van der Waals surface area contributed by atoms with Crippen molar-refractivity contribution in [3.63, 3.8) is 0 Å². The fraction of sp³-hybridized carbons (Fsp3) is 0.294. The van der Waals surface area contributed by atoms with Crippen molar-refractivity contribution in [3.05, 3.63) is 51.2 Å². The third-order valence-electron chi connectivity index (χ3n) is 4.00.